The molecule has 0 saturated heterocycles. The minimum atomic E-state index is -0.844. The molecule has 0 saturated carbocycles. The van der Waals surface area contributed by atoms with Crippen molar-refractivity contribution in [2.24, 2.45) is 0 Å². The van der Waals surface area contributed by atoms with Gasteiger partial charge >= 0.3 is 5.97 Å². The van der Waals surface area contributed by atoms with Crippen LogP contribution in [-0.4, -0.2) is 30.6 Å². The molecule has 0 aliphatic rings. The van der Waals surface area contributed by atoms with E-state index >= 15 is 0 Å². The maximum absolute atomic E-state index is 11.8. The predicted octanol–water partition coefficient (Wildman–Crippen LogP) is 2.17. The van der Waals surface area contributed by atoms with Crippen molar-refractivity contribution in [1.29, 1.82) is 5.26 Å². The van der Waals surface area contributed by atoms with Gasteiger partial charge in [-0.05, 0) is 44.0 Å². The molecule has 6 nitrogen and oxygen atoms in total. The molecular weight excluding hydrogens is 296 g/mol. The summed E-state index contributed by atoms with van der Waals surface area (Å²) in [5.41, 5.74) is 0.505. The van der Waals surface area contributed by atoms with Crippen LogP contribution in [0.4, 0.5) is 0 Å². The molecule has 1 aromatic carbocycles. The van der Waals surface area contributed by atoms with Gasteiger partial charge in [-0.2, -0.15) is 5.26 Å². The van der Waals surface area contributed by atoms with E-state index in [2.05, 4.69) is 5.32 Å². The number of nitriles is 1. The van der Waals surface area contributed by atoms with Gasteiger partial charge in [0.05, 0.1) is 11.6 Å². The highest BCUT2D eigenvalue weighted by Gasteiger charge is 2.18. The third-order valence-electron chi connectivity index (χ3n) is 3.32. The van der Waals surface area contributed by atoms with Crippen molar-refractivity contribution in [2.75, 3.05) is 6.61 Å². The lowest BCUT2D eigenvalue weighted by Gasteiger charge is -2.16. The highest BCUT2D eigenvalue weighted by Crippen LogP contribution is 2.13. The summed E-state index contributed by atoms with van der Waals surface area (Å²) in [6.07, 6.45) is 0.812. The molecule has 0 aliphatic carbocycles. The van der Waals surface area contributed by atoms with E-state index in [1.54, 1.807) is 31.2 Å². The molecule has 0 unspecified atom stereocenters. The van der Waals surface area contributed by atoms with Crippen LogP contribution in [0.25, 0.3) is 0 Å². The van der Waals surface area contributed by atoms with E-state index < -0.39 is 12.1 Å². The van der Waals surface area contributed by atoms with Gasteiger partial charge in [0.1, 0.15) is 5.75 Å². The first-order chi connectivity index (χ1) is 11.0. The normalized spacial score (nSPS) is 11.4. The number of amides is 1. The van der Waals surface area contributed by atoms with Crippen molar-refractivity contribution in [2.45, 2.75) is 45.8 Å². The number of hydrogen-bond acceptors (Lipinski definition) is 5. The zero-order valence-corrected chi connectivity index (χ0v) is 13.7. The average molecular weight is 318 g/mol. The summed E-state index contributed by atoms with van der Waals surface area (Å²) in [7, 11) is 0. The Kier molecular flexibility index (Phi) is 7.61. The Morgan fingerprint density at radius 2 is 1.83 bits per heavy atom. The number of hydrogen-bond donors (Lipinski definition) is 1. The topological polar surface area (TPSA) is 88.4 Å². The van der Waals surface area contributed by atoms with Crippen LogP contribution < -0.4 is 10.1 Å². The van der Waals surface area contributed by atoms with Crippen molar-refractivity contribution in [1.82, 2.24) is 5.32 Å². The molecule has 1 aromatic rings. The molecule has 1 amide bonds. The van der Waals surface area contributed by atoms with Crippen molar-refractivity contribution in [3.8, 4) is 11.8 Å². The summed E-state index contributed by atoms with van der Waals surface area (Å²) in [5.74, 6) is -0.485. The Bertz CT molecular complexity index is 559. The highest BCUT2D eigenvalue weighted by atomic mass is 16.6. The lowest BCUT2D eigenvalue weighted by atomic mass is 10.2. The molecule has 0 heterocycles. The molecule has 0 fully saturated rings. The molecule has 0 aromatic heterocycles. The van der Waals surface area contributed by atoms with Gasteiger partial charge in [-0.3, -0.25) is 4.79 Å². The Balaban J connectivity index is 2.41. The van der Waals surface area contributed by atoms with Crippen LogP contribution in [0, 0.1) is 11.3 Å². The summed E-state index contributed by atoms with van der Waals surface area (Å²) < 4.78 is 10.4. The summed E-state index contributed by atoms with van der Waals surface area (Å²) in [5, 5.41) is 11.5. The predicted molar refractivity (Wildman–Crippen MR) is 84.7 cm³/mol. The van der Waals surface area contributed by atoms with Crippen molar-refractivity contribution in [3.05, 3.63) is 29.8 Å². The average Bonchev–Trinajstić information content (AvgIpc) is 2.58. The lowest BCUT2D eigenvalue weighted by molar-refractivity contribution is -0.154. The van der Waals surface area contributed by atoms with Crippen molar-refractivity contribution in [3.63, 3.8) is 0 Å². The number of nitrogens with one attached hydrogen (secondary N) is 1. The van der Waals surface area contributed by atoms with Crippen LogP contribution in [0.2, 0.25) is 0 Å². The van der Waals surface area contributed by atoms with E-state index in [1.807, 2.05) is 19.9 Å². The molecule has 0 bridgehead atoms. The zero-order valence-electron chi connectivity index (χ0n) is 13.7. The number of nitrogens with zero attached hydrogens (tertiary/aromatic N) is 1. The molecule has 6 heteroatoms. The van der Waals surface area contributed by atoms with Crippen molar-refractivity contribution < 1.29 is 19.1 Å². The molecule has 23 heavy (non-hydrogen) atoms. The van der Waals surface area contributed by atoms with Gasteiger partial charge in [0.2, 0.25) is 0 Å². The number of esters is 1. The second-order valence-electron chi connectivity index (χ2n) is 5.08. The minimum Gasteiger partial charge on any atom is -0.479 e. The summed E-state index contributed by atoms with van der Waals surface area (Å²) in [4.78, 5) is 23.5. The Labute approximate surface area is 136 Å². The Morgan fingerprint density at radius 1 is 1.22 bits per heavy atom. The minimum absolute atomic E-state index is 0.0912. The van der Waals surface area contributed by atoms with E-state index in [0.717, 1.165) is 12.8 Å². The van der Waals surface area contributed by atoms with Crippen LogP contribution in [-0.2, 0) is 14.3 Å². The number of carbonyl (C=O) groups is 2. The first-order valence-electron chi connectivity index (χ1n) is 7.62. The van der Waals surface area contributed by atoms with Gasteiger partial charge in [0.25, 0.3) is 5.91 Å². The fourth-order valence-corrected chi connectivity index (χ4v) is 1.88. The van der Waals surface area contributed by atoms with Crippen LogP contribution in [0.5, 0.6) is 5.75 Å². The quantitative estimate of drug-likeness (QED) is 0.742. The maximum Gasteiger partial charge on any atom is 0.347 e. The number of benzene rings is 1. The van der Waals surface area contributed by atoms with Crippen LogP contribution >= 0.6 is 0 Å². The highest BCUT2D eigenvalue weighted by molar-refractivity contribution is 5.82. The van der Waals surface area contributed by atoms with Gasteiger partial charge in [0, 0.05) is 6.04 Å². The monoisotopic (exact) mass is 318 g/mol. The van der Waals surface area contributed by atoms with Crippen LogP contribution in [0.3, 0.4) is 0 Å². The zero-order chi connectivity index (χ0) is 17.2. The lowest BCUT2D eigenvalue weighted by Crippen LogP contribution is -2.38. The molecule has 0 radical (unpaired) electrons. The van der Waals surface area contributed by atoms with Gasteiger partial charge in [0.15, 0.2) is 12.7 Å². The second-order valence-corrected chi connectivity index (χ2v) is 5.08. The van der Waals surface area contributed by atoms with E-state index in [9.17, 15) is 9.59 Å². The van der Waals surface area contributed by atoms with E-state index in [-0.39, 0.29) is 18.6 Å². The fourth-order valence-electron chi connectivity index (χ4n) is 1.88. The first kappa shape index (κ1) is 18.5. The molecular formula is C17H22N2O4. The summed E-state index contributed by atoms with van der Waals surface area (Å²) in [6, 6.07) is 8.47. The molecule has 1 atom stereocenters. The van der Waals surface area contributed by atoms with Crippen LogP contribution in [0.15, 0.2) is 24.3 Å². The smallest absolute Gasteiger partial charge is 0.347 e. The van der Waals surface area contributed by atoms with Gasteiger partial charge in [-0.15, -0.1) is 0 Å². The SMILES string of the molecule is CCC(CC)NC(=O)COC(=O)[C@H](C)Oc1ccc(C#N)cc1. The number of rotatable bonds is 8. The van der Waals surface area contributed by atoms with E-state index in [1.165, 1.54) is 0 Å². The van der Waals surface area contributed by atoms with E-state index in [0.29, 0.717) is 11.3 Å². The van der Waals surface area contributed by atoms with E-state index in [4.69, 9.17) is 14.7 Å². The Hall–Kier alpha value is -2.55. The molecule has 1 rings (SSSR count). The number of ether oxygens (including phenoxy) is 2. The third kappa shape index (κ3) is 6.39. The molecule has 0 aliphatic heterocycles. The first-order valence-corrected chi connectivity index (χ1v) is 7.62. The largest absolute Gasteiger partial charge is 0.479 e. The van der Waals surface area contributed by atoms with Gasteiger partial charge in [-0.25, -0.2) is 4.79 Å². The second kappa shape index (κ2) is 9.46. The third-order valence-corrected chi connectivity index (χ3v) is 3.32. The van der Waals surface area contributed by atoms with Crippen LogP contribution in [0.1, 0.15) is 39.2 Å². The Morgan fingerprint density at radius 3 is 2.35 bits per heavy atom. The summed E-state index contributed by atoms with van der Waals surface area (Å²) >= 11 is 0. The molecule has 124 valence electrons. The maximum atomic E-state index is 11.8. The number of carbonyl (C=O) groups excluding carboxylic acids is 2. The van der Waals surface area contributed by atoms with Crippen molar-refractivity contribution >= 4 is 11.9 Å². The molecule has 1 N–H and O–H groups in total. The van der Waals surface area contributed by atoms with Gasteiger partial charge < -0.3 is 14.8 Å². The summed E-state index contributed by atoms with van der Waals surface area (Å²) in [6.45, 7) is 5.18. The molecule has 0 spiro atoms. The fraction of sp³-hybridized carbons (Fsp3) is 0.471. The standard InChI is InChI=1S/C17H22N2O4/c1-4-14(5-2)19-16(20)11-22-17(21)12(3)23-15-8-6-13(10-18)7-9-15/h6-9,12,14H,4-5,11H2,1-3H3,(H,19,20)/t12-/m0/s1. The van der Waals surface area contributed by atoms with Gasteiger partial charge in [-0.1, -0.05) is 13.8 Å².